The number of rotatable bonds is 6. The molecule has 1 heterocycles. The van der Waals surface area contributed by atoms with Crippen molar-refractivity contribution in [3.8, 4) is 0 Å². The van der Waals surface area contributed by atoms with Gasteiger partial charge in [0.05, 0.1) is 11.0 Å². The molecule has 0 aliphatic carbocycles. The van der Waals surface area contributed by atoms with Crippen molar-refractivity contribution in [2.75, 3.05) is 7.05 Å². The number of benzene rings is 1. The zero-order valence-electron chi connectivity index (χ0n) is 12.1. The first-order chi connectivity index (χ1) is 9.24. The maximum atomic E-state index is 4.38. The molecular weight excluding hydrogens is 234 g/mol. The molecule has 102 valence electrons. The monoisotopic (exact) mass is 257 g/mol. The lowest BCUT2D eigenvalue weighted by Crippen LogP contribution is -2.19. The molecule has 0 saturated carbocycles. The fraction of sp³-hybridized carbons (Fsp3) is 0.500. The molecular formula is C16H23N3. The van der Waals surface area contributed by atoms with E-state index in [-0.39, 0.29) is 0 Å². The summed E-state index contributed by atoms with van der Waals surface area (Å²) in [5.74, 6) is 0.736. The van der Waals surface area contributed by atoms with Gasteiger partial charge in [0.2, 0.25) is 0 Å². The van der Waals surface area contributed by atoms with Crippen LogP contribution in [0.3, 0.4) is 0 Å². The largest absolute Gasteiger partial charge is 0.313 e. The van der Waals surface area contributed by atoms with Crippen LogP contribution in [-0.4, -0.2) is 17.0 Å². The third-order valence-electron chi connectivity index (χ3n) is 3.66. The van der Waals surface area contributed by atoms with E-state index in [1.807, 2.05) is 7.05 Å². The molecule has 2 rings (SSSR count). The first-order valence-corrected chi connectivity index (χ1v) is 7.12. The second-order valence-corrected chi connectivity index (χ2v) is 5.28. The van der Waals surface area contributed by atoms with Crippen LogP contribution in [0, 0.1) is 5.92 Å². The summed E-state index contributed by atoms with van der Waals surface area (Å²) < 4.78 is 0. The summed E-state index contributed by atoms with van der Waals surface area (Å²) in [4.78, 5) is 8.70. The van der Waals surface area contributed by atoms with Crippen LogP contribution < -0.4 is 5.32 Å². The van der Waals surface area contributed by atoms with Crippen LogP contribution in [0.1, 0.15) is 44.7 Å². The summed E-state index contributed by atoms with van der Waals surface area (Å²) in [5, 5.41) is 3.42. The molecule has 0 aliphatic rings. The summed E-state index contributed by atoms with van der Waals surface area (Å²) in [6.45, 7) is 4.57. The van der Waals surface area contributed by atoms with Gasteiger partial charge in [-0.3, -0.25) is 9.97 Å². The van der Waals surface area contributed by atoms with Gasteiger partial charge in [-0.2, -0.15) is 0 Å². The van der Waals surface area contributed by atoms with Crippen molar-refractivity contribution >= 4 is 11.0 Å². The van der Waals surface area contributed by atoms with E-state index in [4.69, 9.17) is 0 Å². The molecule has 19 heavy (non-hydrogen) atoms. The fourth-order valence-corrected chi connectivity index (χ4v) is 2.63. The van der Waals surface area contributed by atoms with Crippen LogP contribution in [0.25, 0.3) is 11.0 Å². The molecule has 2 aromatic rings. The molecule has 2 unspecified atom stereocenters. The number of hydrogen-bond acceptors (Lipinski definition) is 3. The smallest absolute Gasteiger partial charge is 0.0890 e. The van der Waals surface area contributed by atoms with E-state index < -0.39 is 0 Å². The fourth-order valence-electron chi connectivity index (χ4n) is 2.63. The van der Waals surface area contributed by atoms with Crippen molar-refractivity contribution in [1.82, 2.24) is 15.3 Å². The van der Waals surface area contributed by atoms with E-state index in [0.717, 1.165) is 23.4 Å². The van der Waals surface area contributed by atoms with Crippen molar-refractivity contribution in [1.29, 1.82) is 0 Å². The molecule has 3 heteroatoms. The number of nitrogens with zero attached hydrogens (tertiary/aromatic N) is 2. The average molecular weight is 257 g/mol. The van der Waals surface area contributed by atoms with E-state index in [2.05, 4.69) is 47.3 Å². The minimum Gasteiger partial charge on any atom is -0.313 e. The molecule has 0 fully saturated rings. The second kappa shape index (κ2) is 6.62. The summed E-state index contributed by atoms with van der Waals surface area (Å²) in [7, 11) is 2.03. The highest BCUT2D eigenvalue weighted by Crippen LogP contribution is 2.25. The quantitative estimate of drug-likeness (QED) is 0.857. The molecule has 3 nitrogen and oxygen atoms in total. The summed E-state index contributed by atoms with van der Waals surface area (Å²) in [6, 6.07) is 6.78. The number of fused-ring (bicyclic) bond motifs is 1. The maximum Gasteiger partial charge on any atom is 0.0890 e. The predicted octanol–water partition coefficient (Wildman–Crippen LogP) is 3.72. The second-order valence-electron chi connectivity index (χ2n) is 5.28. The highest BCUT2D eigenvalue weighted by molar-refractivity contribution is 5.74. The third kappa shape index (κ3) is 3.51. The Morgan fingerprint density at radius 1 is 1.16 bits per heavy atom. The number of hydrogen-bond donors (Lipinski definition) is 1. The van der Waals surface area contributed by atoms with Gasteiger partial charge in [-0.25, -0.2) is 0 Å². The first kappa shape index (κ1) is 13.9. The lowest BCUT2D eigenvalue weighted by atomic mass is 9.93. The van der Waals surface area contributed by atoms with Crippen molar-refractivity contribution in [3.63, 3.8) is 0 Å². The van der Waals surface area contributed by atoms with Gasteiger partial charge in [0.25, 0.3) is 0 Å². The van der Waals surface area contributed by atoms with Gasteiger partial charge < -0.3 is 5.32 Å². The maximum absolute atomic E-state index is 4.38. The molecule has 1 aromatic carbocycles. The van der Waals surface area contributed by atoms with Gasteiger partial charge in [-0.1, -0.05) is 32.8 Å². The summed E-state index contributed by atoms with van der Waals surface area (Å²) >= 11 is 0. The zero-order valence-corrected chi connectivity index (χ0v) is 12.1. The molecule has 0 saturated heterocycles. The Kier molecular flexibility index (Phi) is 4.86. The van der Waals surface area contributed by atoms with Crippen molar-refractivity contribution in [2.24, 2.45) is 5.92 Å². The Balaban J connectivity index is 2.20. The molecule has 2 atom stereocenters. The highest BCUT2D eigenvalue weighted by Gasteiger charge is 2.13. The first-order valence-electron chi connectivity index (χ1n) is 7.12. The topological polar surface area (TPSA) is 37.8 Å². The predicted molar refractivity (Wildman–Crippen MR) is 80.0 cm³/mol. The summed E-state index contributed by atoms with van der Waals surface area (Å²) in [5.41, 5.74) is 3.24. The summed E-state index contributed by atoms with van der Waals surface area (Å²) in [6.07, 6.45) is 7.18. The van der Waals surface area contributed by atoms with Crippen LogP contribution in [0.15, 0.2) is 30.6 Å². The highest BCUT2D eigenvalue weighted by atomic mass is 14.9. The van der Waals surface area contributed by atoms with E-state index in [1.54, 1.807) is 12.4 Å². The Morgan fingerprint density at radius 3 is 2.58 bits per heavy atom. The Labute approximate surface area is 115 Å². The van der Waals surface area contributed by atoms with Crippen LogP contribution in [0.2, 0.25) is 0 Å². The van der Waals surface area contributed by atoms with Gasteiger partial charge >= 0.3 is 0 Å². The van der Waals surface area contributed by atoms with E-state index in [0.29, 0.717) is 6.04 Å². The van der Waals surface area contributed by atoms with E-state index in [9.17, 15) is 0 Å². The van der Waals surface area contributed by atoms with Crippen molar-refractivity contribution < 1.29 is 0 Å². The SMILES string of the molecule is CCCC(C)CC(NC)c1ccc2nccnc2c1. The van der Waals surface area contributed by atoms with Gasteiger partial charge in [0.1, 0.15) is 0 Å². The van der Waals surface area contributed by atoms with Crippen molar-refractivity contribution in [3.05, 3.63) is 36.2 Å². The van der Waals surface area contributed by atoms with Gasteiger partial charge in [0.15, 0.2) is 0 Å². The molecule has 0 spiro atoms. The average Bonchev–Trinajstić information content (AvgIpc) is 2.44. The van der Waals surface area contributed by atoms with Crippen LogP contribution in [0.5, 0.6) is 0 Å². The minimum absolute atomic E-state index is 0.396. The van der Waals surface area contributed by atoms with E-state index in [1.165, 1.54) is 18.4 Å². The Morgan fingerprint density at radius 2 is 1.89 bits per heavy atom. The van der Waals surface area contributed by atoms with Crippen molar-refractivity contribution in [2.45, 2.75) is 39.2 Å². The molecule has 1 aromatic heterocycles. The number of nitrogens with one attached hydrogen (secondary N) is 1. The lowest BCUT2D eigenvalue weighted by molar-refractivity contribution is 0.407. The molecule has 0 aliphatic heterocycles. The van der Waals surface area contributed by atoms with Gasteiger partial charge in [-0.15, -0.1) is 0 Å². The minimum atomic E-state index is 0.396. The van der Waals surface area contributed by atoms with Crippen LogP contribution in [-0.2, 0) is 0 Å². The lowest BCUT2D eigenvalue weighted by Gasteiger charge is -2.21. The van der Waals surface area contributed by atoms with E-state index >= 15 is 0 Å². The Hall–Kier alpha value is -1.48. The molecule has 0 amide bonds. The van der Waals surface area contributed by atoms with Gasteiger partial charge in [-0.05, 0) is 37.1 Å². The van der Waals surface area contributed by atoms with Gasteiger partial charge in [0, 0.05) is 18.4 Å². The van der Waals surface area contributed by atoms with Crippen LogP contribution >= 0.6 is 0 Å². The Bertz CT molecular complexity index is 524. The molecule has 1 N–H and O–H groups in total. The van der Waals surface area contributed by atoms with Crippen LogP contribution in [0.4, 0.5) is 0 Å². The third-order valence-corrected chi connectivity index (χ3v) is 3.66. The number of aromatic nitrogens is 2. The zero-order chi connectivity index (χ0) is 13.7. The molecule has 0 bridgehead atoms. The molecule has 0 radical (unpaired) electrons. The standard InChI is InChI=1S/C16H23N3/c1-4-5-12(2)10-15(17-3)13-6-7-14-16(11-13)19-9-8-18-14/h6-9,11-12,15,17H,4-5,10H2,1-3H3. The normalized spacial score (nSPS) is 14.5.